The minimum atomic E-state index is -1.00. The molecule has 5 nitrogen and oxygen atoms in total. The van der Waals surface area contributed by atoms with E-state index in [9.17, 15) is 4.79 Å². The minimum absolute atomic E-state index is 0.0824. The summed E-state index contributed by atoms with van der Waals surface area (Å²) in [7, 11) is 4.07. The number of aromatic nitrogens is 1. The number of benzene rings is 1. The lowest BCUT2D eigenvalue weighted by Gasteiger charge is -2.10. The third-order valence-corrected chi connectivity index (χ3v) is 3.73. The van der Waals surface area contributed by atoms with E-state index in [0.717, 1.165) is 24.3 Å². The number of carbonyl (C=O) groups is 1. The van der Waals surface area contributed by atoms with Crippen molar-refractivity contribution in [2.75, 3.05) is 27.2 Å². The fourth-order valence-corrected chi connectivity index (χ4v) is 2.57. The molecule has 0 aliphatic carbocycles. The van der Waals surface area contributed by atoms with E-state index >= 15 is 0 Å². The van der Waals surface area contributed by atoms with Crippen molar-refractivity contribution in [1.82, 2.24) is 9.88 Å². The number of carboxylic acid groups (broad SMARTS) is 1. The average molecular weight is 306 g/mol. The molecule has 0 bridgehead atoms. The van der Waals surface area contributed by atoms with Crippen LogP contribution in [0, 0.1) is 0 Å². The summed E-state index contributed by atoms with van der Waals surface area (Å²) < 4.78 is 5.65. The summed E-state index contributed by atoms with van der Waals surface area (Å²) in [6.45, 7) is 1.67. The van der Waals surface area contributed by atoms with Gasteiger partial charge in [-0.05, 0) is 44.8 Å². The van der Waals surface area contributed by atoms with Gasteiger partial charge in [0.2, 0.25) is 0 Å². The lowest BCUT2D eigenvalue weighted by Crippen LogP contribution is -2.15. The quantitative estimate of drug-likeness (QED) is 0.797. The zero-order valence-corrected chi connectivity index (χ0v) is 12.9. The van der Waals surface area contributed by atoms with Crippen molar-refractivity contribution in [3.05, 3.63) is 35.3 Å². The number of nitrogens with zero attached hydrogens (tertiary/aromatic N) is 2. The molecule has 2 rings (SSSR count). The van der Waals surface area contributed by atoms with Crippen LogP contribution < -0.4 is 4.74 Å². The van der Waals surface area contributed by atoms with Crippen molar-refractivity contribution in [1.29, 1.82) is 0 Å². The summed E-state index contributed by atoms with van der Waals surface area (Å²) >= 11 is 1.32. The Morgan fingerprint density at radius 2 is 2.05 bits per heavy atom. The monoisotopic (exact) mass is 306 g/mol. The first-order valence-corrected chi connectivity index (χ1v) is 7.51. The topological polar surface area (TPSA) is 62.7 Å². The fourth-order valence-electron chi connectivity index (χ4n) is 1.77. The van der Waals surface area contributed by atoms with Gasteiger partial charge in [0.1, 0.15) is 10.8 Å². The standard InChI is InChI=1S/C15H18N2O3S/c1-17(2)8-3-9-20-12-6-4-11(5-7-12)14-16-13(10-21-14)15(18)19/h4-7,10H,3,8-9H2,1-2H3,(H,18,19). The highest BCUT2D eigenvalue weighted by Gasteiger charge is 2.10. The molecule has 1 aromatic heterocycles. The van der Waals surface area contributed by atoms with Crippen LogP contribution >= 0.6 is 11.3 Å². The summed E-state index contributed by atoms with van der Waals surface area (Å²) in [4.78, 5) is 17.0. The first kappa shape index (κ1) is 15.5. The van der Waals surface area contributed by atoms with Crippen molar-refractivity contribution in [2.45, 2.75) is 6.42 Å². The Labute approximate surface area is 127 Å². The van der Waals surface area contributed by atoms with E-state index in [0.29, 0.717) is 11.6 Å². The summed E-state index contributed by atoms with van der Waals surface area (Å²) in [5.41, 5.74) is 0.979. The Kier molecular flexibility index (Phi) is 5.30. The molecule has 6 heteroatoms. The maximum Gasteiger partial charge on any atom is 0.355 e. The van der Waals surface area contributed by atoms with Crippen molar-refractivity contribution in [3.8, 4) is 16.3 Å². The maximum absolute atomic E-state index is 10.8. The van der Waals surface area contributed by atoms with Gasteiger partial charge in [-0.15, -0.1) is 11.3 Å². The van der Waals surface area contributed by atoms with E-state index in [1.165, 1.54) is 11.3 Å². The molecule has 0 aliphatic heterocycles. The number of thiazole rings is 1. The molecule has 0 amide bonds. The fraction of sp³-hybridized carbons (Fsp3) is 0.333. The van der Waals surface area contributed by atoms with Crippen molar-refractivity contribution in [2.24, 2.45) is 0 Å². The Bertz CT molecular complexity index is 593. The Morgan fingerprint density at radius 3 is 2.62 bits per heavy atom. The number of aromatic carboxylic acids is 1. The van der Waals surface area contributed by atoms with Gasteiger partial charge in [0, 0.05) is 17.5 Å². The SMILES string of the molecule is CN(C)CCCOc1ccc(-c2nc(C(=O)O)cs2)cc1. The predicted molar refractivity (Wildman–Crippen MR) is 83.2 cm³/mol. The molecule has 1 N–H and O–H groups in total. The van der Waals surface area contributed by atoms with E-state index in [4.69, 9.17) is 9.84 Å². The molecule has 0 aliphatic rings. The predicted octanol–water partition coefficient (Wildman–Crippen LogP) is 2.84. The summed E-state index contributed by atoms with van der Waals surface area (Å²) in [5.74, 6) is -0.189. The zero-order valence-electron chi connectivity index (χ0n) is 12.1. The second-order valence-electron chi connectivity index (χ2n) is 4.87. The van der Waals surface area contributed by atoms with Gasteiger partial charge in [-0.25, -0.2) is 9.78 Å². The molecule has 0 saturated carbocycles. The van der Waals surface area contributed by atoms with Gasteiger partial charge in [-0.1, -0.05) is 0 Å². The Morgan fingerprint density at radius 1 is 1.33 bits per heavy atom. The first-order valence-electron chi connectivity index (χ1n) is 6.63. The van der Waals surface area contributed by atoms with Gasteiger partial charge in [-0.2, -0.15) is 0 Å². The molecule has 0 atom stereocenters. The molecular formula is C15H18N2O3S. The summed E-state index contributed by atoms with van der Waals surface area (Å²) in [6, 6.07) is 7.55. The second-order valence-corrected chi connectivity index (χ2v) is 5.73. The first-order chi connectivity index (χ1) is 10.1. The lowest BCUT2D eigenvalue weighted by atomic mass is 10.2. The second kappa shape index (κ2) is 7.19. The summed E-state index contributed by atoms with van der Waals surface area (Å²) in [5, 5.41) is 11.1. The van der Waals surface area contributed by atoms with Crippen LogP contribution in [0.5, 0.6) is 5.75 Å². The van der Waals surface area contributed by atoms with Crippen molar-refractivity contribution >= 4 is 17.3 Å². The van der Waals surface area contributed by atoms with Gasteiger partial charge < -0.3 is 14.7 Å². The Hall–Kier alpha value is -1.92. The van der Waals surface area contributed by atoms with Gasteiger partial charge in [0.25, 0.3) is 0 Å². The largest absolute Gasteiger partial charge is 0.494 e. The molecule has 0 unspecified atom stereocenters. The average Bonchev–Trinajstić information content (AvgIpc) is 2.94. The summed E-state index contributed by atoms with van der Waals surface area (Å²) in [6.07, 6.45) is 0.975. The van der Waals surface area contributed by atoms with E-state index in [2.05, 4.69) is 9.88 Å². The molecule has 0 radical (unpaired) electrons. The van der Waals surface area contributed by atoms with Crippen LogP contribution in [0.2, 0.25) is 0 Å². The molecule has 0 fully saturated rings. The number of hydrogen-bond acceptors (Lipinski definition) is 5. The van der Waals surface area contributed by atoms with Gasteiger partial charge in [0.15, 0.2) is 5.69 Å². The molecule has 1 aromatic carbocycles. The van der Waals surface area contributed by atoms with E-state index in [-0.39, 0.29) is 5.69 Å². The number of hydrogen-bond donors (Lipinski definition) is 1. The van der Waals surface area contributed by atoms with Gasteiger partial charge >= 0.3 is 5.97 Å². The van der Waals surface area contributed by atoms with E-state index in [1.807, 2.05) is 38.4 Å². The van der Waals surface area contributed by atoms with Crippen LogP contribution in [0.3, 0.4) is 0 Å². The van der Waals surface area contributed by atoms with Crippen LogP contribution in [-0.4, -0.2) is 48.2 Å². The van der Waals surface area contributed by atoms with Crippen LogP contribution in [0.4, 0.5) is 0 Å². The molecule has 2 aromatic rings. The molecular weight excluding hydrogens is 288 g/mol. The van der Waals surface area contributed by atoms with Crippen molar-refractivity contribution < 1.29 is 14.6 Å². The Balaban J connectivity index is 1.93. The van der Waals surface area contributed by atoms with E-state index < -0.39 is 5.97 Å². The van der Waals surface area contributed by atoms with Crippen LogP contribution in [0.1, 0.15) is 16.9 Å². The normalized spacial score (nSPS) is 10.8. The van der Waals surface area contributed by atoms with Crippen LogP contribution in [0.15, 0.2) is 29.6 Å². The third-order valence-electron chi connectivity index (χ3n) is 2.84. The maximum atomic E-state index is 10.8. The minimum Gasteiger partial charge on any atom is -0.494 e. The number of rotatable bonds is 7. The number of ether oxygens (including phenoxy) is 1. The van der Waals surface area contributed by atoms with Gasteiger partial charge in [-0.3, -0.25) is 0 Å². The molecule has 0 saturated heterocycles. The molecule has 21 heavy (non-hydrogen) atoms. The lowest BCUT2D eigenvalue weighted by molar-refractivity contribution is 0.0691. The highest BCUT2D eigenvalue weighted by atomic mass is 32.1. The van der Waals surface area contributed by atoms with Crippen LogP contribution in [0.25, 0.3) is 10.6 Å². The third kappa shape index (κ3) is 4.54. The highest BCUT2D eigenvalue weighted by molar-refractivity contribution is 7.13. The molecule has 0 spiro atoms. The molecule has 1 heterocycles. The smallest absolute Gasteiger partial charge is 0.355 e. The van der Waals surface area contributed by atoms with E-state index in [1.54, 1.807) is 5.38 Å². The number of carboxylic acids is 1. The van der Waals surface area contributed by atoms with Gasteiger partial charge in [0.05, 0.1) is 6.61 Å². The van der Waals surface area contributed by atoms with Crippen molar-refractivity contribution in [3.63, 3.8) is 0 Å². The van der Waals surface area contributed by atoms with Crippen LogP contribution in [-0.2, 0) is 0 Å². The zero-order chi connectivity index (χ0) is 15.2. The highest BCUT2D eigenvalue weighted by Crippen LogP contribution is 2.25. The molecule has 112 valence electrons.